The van der Waals surface area contributed by atoms with Crippen LogP contribution in [-0.2, 0) is 19.7 Å². The summed E-state index contributed by atoms with van der Waals surface area (Å²) in [4.78, 5) is 0. The zero-order valence-electron chi connectivity index (χ0n) is 11.1. The van der Waals surface area contributed by atoms with Crippen LogP contribution in [0.1, 0.15) is 12.5 Å². The quantitative estimate of drug-likeness (QED) is 0.756. The van der Waals surface area contributed by atoms with Crippen molar-refractivity contribution in [2.75, 3.05) is 21.3 Å². The van der Waals surface area contributed by atoms with Crippen molar-refractivity contribution < 1.29 is 13.3 Å². The Morgan fingerprint density at radius 1 is 1.06 bits per heavy atom. The van der Waals surface area contributed by atoms with E-state index in [1.807, 2.05) is 6.07 Å². The Balaban J connectivity index is 0.000000302. The fourth-order valence-corrected chi connectivity index (χ4v) is 2.21. The van der Waals surface area contributed by atoms with Crippen LogP contribution in [0.4, 0.5) is 0 Å². The van der Waals surface area contributed by atoms with Gasteiger partial charge in [-0.05, 0) is 17.7 Å². The van der Waals surface area contributed by atoms with Crippen molar-refractivity contribution in [3.63, 3.8) is 0 Å². The van der Waals surface area contributed by atoms with E-state index < -0.39 is 8.80 Å². The van der Waals surface area contributed by atoms with Gasteiger partial charge in [-0.25, -0.2) is 0 Å². The molecule has 17 heavy (non-hydrogen) atoms. The van der Waals surface area contributed by atoms with E-state index in [1.165, 1.54) is 5.56 Å². The summed E-state index contributed by atoms with van der Waals surface area (Å²) < 4.78 is 14.9. The SMILES string of the molecule is C=C[Si](OC)(OC)OC.CCc1ccccc1. The van der Waals surface area contributed by atoms with Gasteiger partial charge in [0.25, 0.3) is 0 Å². The molecule has 0 saturated heterocycles. The van der Waals surface area contributed by atoms with Gasteiger partial charge in [-0.1, -0.05) is 43.8 Å². The van der Waals surface area contributed by atoms with Crippen molar-refractivity contribution in [3.8, 4) is 0 Å². The average molecular weight is 254 g/mol. The lowest BCUT2D eigenvalue weighted by Gasteiger charge is -2.19. The van der Waals surface area contributed by atoms with E-state index in [0.717, 1.165) is 6.42 Å². The molecule has 0 heterocycles. The van der Waals surface area contributed by atoms with Crippen LogP contribution in [-0.4, -0.2) is 30.1 Å². The summed E-state index contributed by atoms with van der Waals surface area (Å²) in [5.74, 6) is 0. The molecule has 1 aromatic rings. The molecular formula is C13H22O3Si. The fourth-order valence-electron chi connectivity index (χ4n) is 1.21. The zero-order valence-corrected chi connectivity index (χ0v) is 12.1. The van der Waals surface area contributed by atoms with E-state index in [4.69, 9.17) is 13.3 Å². The molecule has 1 rings (SSSR count). The van der Waals surface area contributed by atoms with E-state index in [9.17, 15) is 0 Å². The van der Waals surface area contributed by atoms with E-state index in [0.29, 0.717) is 0 Å². The standard InChI is InChI=1S/C8H10.C5H12O3Si/c1-2-8-6-4-3-5-7-8;1-5-9(6-2,7-3)8-4/h3-7H,2H2,1H3;5H,1H2,2-4H3. The smallest absolute Gasteiger partial charge is 0.374 e. The summed E-state index contributed by atoms with van der Waals surface area (Å²) in [6, 6.07) is 10.5. The first-order chi connectivity index (χ1) is 8.17. The van der Waals surface area contributed by atoms with Crippen LogP contribution in [0.3, 0.4) is 0 Å². The summed E-state index contributed by atoms with van der Waals surface area (Å²) >= 11 is 0. The highest BCUT2D eigenvalue weighted by Gasteiger charge is 2.33. The van der Waals surface area contributed by atoms with Gasteiger partial charge in [0.2, 0.25) is 0 Å². The highest BCUT2D eigenvalue weighted by atomic mass is 28.4. The molecule has 3 nitrogen and oxygen atoms in total. The molecule has 0 aliphatic heterocycles. The van der Waals surface area contributed by atoms with Crippen LogP contribution >= 0.6 is 0 Å². The summed E-state index contributed by atoms with van der Waals surface area (Å²) in [6.07, 6.45) is 1.14. The van der Waals surface area contributed by atoms with E-state index in [2.05, 4.69) is 37.8 Å². The van der Waals surface area contributed by atoms with Crippen LogP contribution < -0.4 is 0 Å². The lowest BCUT2D eigenvalue weighted by molar-refractivity contribution is 0.138. The van der Waals surface area contributed by atoms with Gasteiger partial charge < -0.3 is 13.3 Å². The summed E-state index contributed by atoms with van der Waals surface area (Å²) in [5, 5.41) is 0. The maximum atomic E-state index is 4.96. The molecule has 0 saturated carbocycles. The molecule has 4 heteroatoms. The number of benzene rings is 1. The first-order valence-corrected chi connectivity index (χ1v) is 7.31. The van der Waals surface area contributed by atoms with Crippen molar-refractivity contribution in [1.29, 1.82) is 0 Å². The molecule has 96 valence electrons. The van der Waals surface area contributed by atoms with Gasteiger partial charge in [-0.15, -0.1) is 0 Å². The van der Waals surface area contributed by atoms with Crippen molar-refractivity contribution in [2.45, 2.75) is 13.3 Å². The van der Waals surface area contributed by atoms with Gasteiger partial charge in [0.15, 0.2) is 0 Å². The lowest BCUT2D eigenvalue weighted by atomic mass is 10.2. The third kappa shape index (κ3) is 5.79. The third-order valence-corrected chi connectivity index (χ3v) is 4.56. The molecule has 0 radical (unpaired) electrons. The maximum absolute atomic E-state index is 4.96. The summed E-state index contributed by atoms with van der Waals surface area (Å²) in [7, 11) is 2.20. The van der Waals surface area contributed by atoms with Crippen molar-refractivity contribution >= 4 is 8.80 Å². The van der Waals surface area contributed by atoms with Crippen LogP contribution in [0, 0.1) is 0 Å². The normalized spacial score (nSPS) is 10.4. The Morgan fingerprint density at radius 3 is 1.71 bits per heavy atom. The molecule has 0 amide bonds. The Bertz CT molecular complexity index is 289. The first kappa shape index (κ1) is 16.1. The second-order valence-electron chi connectivity index (χ2n) is 3.26. The zero-order chi connectivity index (χ0) is 13.1. The third-order valence-electron chi connectivity index (χ3n) is 2.35. The fraction of sp³-hybridized carbons (Fsp3) is 0.385. The molecule has 0 bridgehead atoms. The Morgan fingerprint density at radius 2 is 1.53 bits per heavy atom. The van der Waals surface area contributed by atoms with Crippen LogP contribution in [0.25, 0.3) is 0 Å². The second kappa shape index (κ2) is 9.12. The number of hydrogen-bond acceptors (Lipinski definition) is 3. The highest BCUT2D eigenvalue weighted by molar-refractivity contribution is 6.66. The van der Waals surface area contributed by atoms with Crippen LogP contribution in [0.15, 0.2) is 42.6 Å². The molecule has 0 unspecified atom stereocenters. The van der Waals surface area contributed by atoms with Crippen LogP contribution in [0.2, 0.25) is 0 Å². The Hall–Kier alpha value is -0.943. The molecule has 0 spiro atoms. The van der Waals surface area contributed by atoms with Crippen molar-refractivity contribution in [3.05, 3.63) is 48.2 Å². The minimum Gasteiger partial charge on any atom is -0.374 e. The minimum absolute atomic E-state index is 1.14. The van der Waals surface area contributed by atoms with Crippen LogP contribution in [0.5, 0.6) is 0 Å². The van der Waals surface area contributed by atoms with Gasteiger partial charge in [0.1, 0.15) is 0 Å². The molecule has 0 atom stereocenters. The number of aryl methyl sites for hydroxylation is 1. The monoisotopic (exact) mass is 254 g/mol. The maximum Gasteiger partial charge on any atom is 0.528 e. The van der Waals surface area contributed by atoms with Gasteiger partial charge in [-0.3, -0.25) is 0 Å². The highest BCUT2D eigenvalue weighted by Crippen LogP contribution is 2.05. The van der Waals surface area contributed by atoms with E-state index >= 15 is 0 Å². The number of hydrogen-bond donors (Lipinski definition) is 0. The van der Waals surface area contributed by atoms with Gasteiger partial charge in [0.05, 0.1) is 0 Å². The molecular weight excluding hydrogens is 232 g/mol. The molecule has 0 aliphatic rings. The second-order valence-corrected chi connectivity index (χ2v) is 6.10. The topological polar surface area (TPSA) is 27.7 Å². The van der Waals surface area contributed by atoms with Gasteiger partial charge in [-0.2, -0.15) is 0 Å². The molecule has 0 aromatic heterocycles. The lowest BCUT2D eigenvalue weighted by Crippen LogP contribution is -2.40. The summed E-state index contributed by atoms with van der Waals surface area (Å²) in [6.45, 7) is 5.69. The van der Waals surface area contributed by atoms with Gasteiger partial charge in [0, 0.05) is 21.3 Å². The van der Waals surface area contributed by atoms with Gasteiger partial charge >= 0.3 is 8.80 Å². The minimum atomic E-state index is -2.43. The Kier molecular flexibility index (Phi) is 8.62. The van der Waals surface area contributed by atoms with E-state index in [-0.39, 0.29) is 0 Å². The predicted octanol–water partition coefficient (Wildman–Crippen LogP) is 2.84. The molecule has 0 N–H and O–H groups in total. The van der Waals surface area contributed by atoms with E-state index in [1.54, 1.807) is 27.0 Å². The predicted molar refractivity (Wildman–Crippen MR) is 72.8 cm³/mol. The number of rotatable bonds is 5. The molecule has 0 fully saturated rings. The largest absolute Gasteiger partial charge is 0.528 e. The van der Waals surface area contributed by atoms with Crippen molar-refractivity contribution in [1.82, 2.24) is 0 Å². The Labute approximate surface area is 105 Å². The summed E-state index contributed by atoms with van der Waals surface area (Å²) in [5.41, 5.74) is 2.99. The molecule has 1 aromatic carbocycles. The first-order valence-electron chi connectivity index (χ1n) is 5.51. The average Bonchev–Trinajstić information content (AvgIpc) is 2.44. The van der Waals surface area contributed by atoms with Crippen molar-refractivity contribution in [2.24, 2.45) is 0 Å². The molecule has 0 aliphatic carbocycles.